The fourth-order valence-corrected chi connectivity index (χ4v) is 0.594. The molecule has 0 spiro atoms. The van der Waals surface area contributed by atoms with Crippen LogP contribution in [-0.2, 0) is 0 Å². The molecule has 0 aliphatic rings. The maximum absolute atomic E-state index is 10.8. The molecule has 0 amide bonds. The van der Waals surface area contributed by atoms with E-state index in [2.05, 4.69) is 30.9 Å². The van der Waals surface area contributed by atoms with Crippen molar-refractivity contribution in [3.05, 3.63) is 16.7 Å². The molecule has 0 aliphatic carbocycles. The summed E-state index contributed by atoms with van der Waals surface area (Å²) in [7, 11) is 0. The quantitative estimate of drug-likeness (QED) is 0.416. The summed E-state index contributed by atoms with van der Waals surface area (Å²) in [6.07, 6.45) is 1.27. The summed E-state index contributed by atoms with van der Waals surface area (Å²) in [5, 5.41) is 19.8. The Hall–Kier alpha value is -1.99. The van der Waals surface area contributed by atoms with Crippen molar-refractivity contribution in [1.82, 2.24) is 35.5 Å². The molecule has 0 atom stereocenters. The zero-order valence-electron chi connectivity index (χ0n) is 5.12. The van der Waals surface area contributed by atoms with Crippen LogP contribution in [0.4, 0.5) is 0 Å². The van der Waals surface area contributed by atoms with Gasteiger partial charge in [-0.1, -0.05) is 5.10 Å². The summed E-state index contributed by atoms with van der Waals surface area (Å²) in [6.45, 7) is 0. The molecule has 0 aromatic carbocycles. The zero-order chi connectivity index (χ0) is 7.68. The first-order valence-corrected chi connectivity index (χ1v) is 2.65. The molecule has 0 bridgehead atoms. The highest BCUT2D eigenvalue weighted by atomic mass is 16.2. The third-order valence-corrected chi connectivity index (χ3v) is 1.03. The van der Waals surface area contributed by atoms with E-state index in [-0.39, 0.29) is 5.65 Å². The lowest BCUT2D eigenvalue weighted by atomic mass is 10.8. The van der Waals surface area contributed by atoms with Crippen molar-refractivity contribution in [2.24, 2.45) is 0 Å². The van der Waals surface area contributed by atoms with E-state index in [4.69, 9.17) is 0 Å². The standard InChI is InChI=1S/C3HN7O/c11-3-6-8-5-2-1-4-7-9-10(2)3/h1H. The molecule has 2 heterocycles. The van der Waals surface area contributed by atoms with Crippen molar-refractivity contribution in [2.45, 2.75) is 0 Å². The highest BCUT2D eigenvalue weighted by Gasteiger charge is 1.97. The van der Waals surface area contributed by atoms with Crippen molar-refractivity contribution in [1.29, 1.82) is 0 Å². The average Bonchev–Trinajstić information content (AvgIpc) is 2.06. The summed E-state index contributed by atoms with van der Waals surface area (Å²) >= 11 is 0. The first kappa shape index (κ1) is 5.77. The van der Waals surface area contributed by atoms with Crippen LogP contribution >= 0.6 is 0 Å². The van der Waals surface area contributed by atoms with Crippen LogP contribution in [0.1, 0.15) is 0 Å². The molecule has 11 heavy (non-hydrogen) atoms. The van der Waals surface area contributed by atoms with Gasteiger partial charge >= 0.3 is 5.69 Å². The van der Waals surface area contributed by atoms with Gasteiger partial charge in [-0.05, 0) is 15.6 Å². The minimum Gasteiger partial charge on any atom is -0.242 e. The van der Waals surface area contributed by atoms with Crippen LogP contribution in [0.2, 0.25) is 0 Å². The maximum Gasteiger partial charge on any atom is 0.391 e. The largest absolute Gasteiger partial charge is 0.391 e. The molecule has 0 aliphatic heterocycles. The van der Waals surface area contributed by atoms with Crippen LogP contribution < -0.4 is 5.69 Å². The Morgan fingerprint density at radius 1 is 1.27 bits per heavy atom. The zero-order valence-corrected chi connectivity index (χ0v) is 5.12. The van der Waals surface area contributed by atoms with Crippen LogP contribution in [0.25, 0.3) is 5.65 Å². The Morgan fingerprint density at radius 2 is 2.18 bits per heavy atom. The fraction of sp³-hybridized carbons (Fsp3) is 0. The molecule has 0 fully saturated rings. The topological polar surface area (TPSA) is 98.8 Å². The molecular weight excluding hydrogens is 150 g/mol. The summed E-state index contributed by atoms with van der Waals surface area (Å²) in [4.78, 5) is 10.8. The number of aromatic nitrogens is 7. The lowest BCUT2D eigenvalue weighted by molar-refractivity contribution is 0.645. The second-order valence-electron chi connectivity index (χ2n) is 1.67. The Labute approximate surface area is 58.9 Å². The summed E-state index contributed by atoms with van der Waals surface area (Å²) < 4.78 is 0.903. The van der Waals surface area contributed by atoms with Crippen LogP contribution in [0, 0.1) is 0 Å². The van der Waals surface area contributed by atoms with E-state index in [1.807, 2.05) is 0 Å². The molecule has 0 radical (unpaired) electrons. The van der Waals surface area contributed by atoms with Gasteiger partial charge in [0, 0.05) is 0 Å². The lowest BCUT2D eigenvalue weighted by Crippen LogP contribution is -2.22. The Balaban J connectivity index is 3.03. The predicted molar refractivity (Wildman–Crippen MR) is 30.4 cm³/mol. The molecule has 2 aromatic heterocycles. The van der Waals surface area contributed by atoms with Gasteiger partial charge in [-0.15, -0.1) is 14.7 Å². The van der Waals surface area contributed by atoms with Crippen molar-refractivity contribution in [3.63, 3.8) is 0 Å². The minimum atomic E-state index is -0.620. The van der Waals surface area contributed by atoms with Crippen molar-refractivity contribution >= 4 is 5.65 Å². The highest BCUT2D eigenvalue weighted by molar-refractivity contribution is 5.27. The molecule has 2 rings (SSSR count). The number of fused-ring (bicyclic) bond motifs is 1. The van der Waals surface area contributed by atoms with Crippen molar-refractivity contribution in [2.75, 3.05) is 0 Å². The van der Waals surface area contributed by atoms with Gasteiger partial charge in [-0.2, -0.15) is 0 Å². The fourth-order valence-electron chi connectivity index (χ4n) is 0.594. The molecule has 0 saturated heterocycles. The average molecular weight is 151 g/mol. The molecule has 8 heteroatoms. The molecule has 0 N–H and O–H groups in total. The predicted octanol–water partition coefficient (Wildman–Crippen LogP) is -2.33. The first-order chi connectivity index (χ1) is 5.38. The number of nitrogens with zero attached hydrogens (tertiary/aromatic N) is 7. The number of hydrogen-bond acceptors (Lipinski definition) is 7. The molecule has 54 valence electrons. The monoisotopic (exact) mass is 151 g/mol. The van der Waals surface area contributed by atoms with Crippen LogP contribution in [0.15, 0.2) is 11.0 Å². The Kier molecular flexibility index (Phi) is 1.05. The SMILES string of the molecule is O=c1nnnc2cnnnn12. The maximum atomic E-state index is 10.8. The number of rotatable bonds is 0. The molecule has 8 nitrogen and oxygen atoms in total. The van der Waals surface area contributed by atoms with Gasteiger partial charge in [-0.25, -0.2) is 4.79 Å². The van der Waals surface area contributed by atoms with Crippen LogP contribution in [0.5, 0.6) is 0 Å². The van der Waals surface area contributed by atoms with E-state index >= 15 is 0 Å². The van der Waals surface area contributed by atoms with Crippen molar-refractivity contribution in [3.8, 4) is 0 Å². The van der Waals surface area contributed by atoms with E-state index in [9.17, 15) is 4.79 Å². The number of hydrogen-bond donors (Lipinski definition) is 0. The first-order valence-electron chi connectivity index (χ1n) is 2.65. The van der Waals surface area contributed by atoms with E-state index in [0.717, 1.165) is 4.52 Å². The molecule has 0 unspecified atom stereocenters. The molecule has 0 saturated carbocycles. The van der Waals surface area contributed by atoms with Crippen LogP contribution in [0.3, 0.4) is 0 Å². The third kappa shape index (κ3) is 0.801. The minimum absolute atomic E-state index is 0.222. The summed E-state index contributed by atoms with van der Waals surface area (Å²) in [5.41, 5.74) is -0.398. The summed E-state index contributed by atoms with van der Waals surface area (Å²) in [5.74, 6) is 0. The van der Waals surface area contributed by atoms with Crippen molar-refractivity contribution < 1.29 is 0 Å². The molecular formula is C3HN7O. The van der Waals surface area contributed by atoms with Crippen LogP contribution in [-0.4, -0.2) is 35.5 Å². The van der Waals surface area contributed by atoms with Gasteiger partial charge in [0.25, 0.3) is 0 Å². The van der Waals surface area contributed by atoms with Gasteiger partial charge in [0.2, 0.25) is 5.65 Å². The molecule has 2 aromatic rings. The highest BCUT2D eigenvalue weighted by Crippen LogP contribution is 1.79. The lowest BCUT2D eigenvalue weighted by Gasteiger charge is -1.88. The van der Waals surface area contributed by atoms with E-state index < -0.39 is 5.69 Å². The third-order valence-electron chi connectivity index (χ3n) is 1.03. The van der Waals surface area contributed by atoms with Gasteiger partial charge < -0.3 is 0 Å². The van der Waals surface area contributed by atoms with Gasteiger partial charge in [0.15, 0.2) is 0 Å². The Morgan fingerprint density at radius 3 is 3.00 bits per heavy atom. The van der Waals surface area contributed by atoms with Gasteiger partial charge in [0.05, 0.1) is 6.20 Å². The van der Waals surface area contributed by atoms with E-state index in [1.165, 1.54) is 6.20 Å². The smallest absolute Gasteiger partial charge is 0.242 e. The van der Waals surface area contributed by atoms with E-state index in [1.54, 1.807) is 0 Å². The second kappa shape index (κ2) is 2.01. The Bertz CT molecular complexity index is 429. The van der Waals surface area contributed by atoms with Gasteiger partial charge in [-0.3, -0.25) is 0 Å². The second-order valence-corrected chi connectivity index (χ2v) is 1.67. The van der Waals surface area contributed by atoms with E-state index in [0.29, 0.717) is 0 Å². The van der Waals surface area contributed by atoms with Gasteiger partial charge in [0.1, 0.15) is 0 Å². The normalized spacial score (nSPS) is 10.2. The summed E-state index contributed by atoms with van der Waals surface area (Å²) in [6, 6.07) is 0.